The van der Waals surface area contributed by atoms with Crippen molar-refractivity contribution in [2.45, 2.75) is 6.92 Å². The molecular weight excluding hydrogens is 248 g/mol. The number of nitrogen functional groups attached to an aromatic ring is 1. The van der Waals surface area contributed by atoms with Crippen LogP contribution < -0.4 is 11.1 Å². The molecule has 0 heterocycles. The van der Waals surface area contributed by atoms with Crippen LogP contribution in [0, 0.1) is 10.1 Å². The van der Waals surface area contributed by atoms with E-state index in [1.54, 1.807) is 0 Å². The number of anilines is 1. The van der Waals surface area contributed by atoms with E-state index in [2.05, 4.69) is 5.32 Å². The average molecular weight is 266 g/mol. The molecule has 1 aromatic carbocycles. The molecule has 3 N–H and O–H groups in total. The highest BCUT2D eigenvalue weighted by molar-refractivity contribution is 6.00. The van der Waals surface area contributed by atoms with Crippen molar-refractivity contribution in [1.82, 2.24) is 10.2 Å². The van der Waals surface area contributed by atoms with Crippen LogP contribution in [0.3, 0.4) is 0 Å². The van der Waals surface area contributed by atoms with Crippen LogP contribution >= 0.6 is 0 Å². The number of para-hydroxylation sites is 1. The van der Waals surface area contributed by atoms with E-state index in [0.717, 1.165) is 6.54 Å². The number of carbonyl (C=O) groups excluding carboxylic acids is 1. The Kier molecular flexibility index (Phi) is 5.25. The van der Waals surface area contributed by atoms with Gasteiger partial charge in [0.2, 0.25) is 0 Å². The molecule has 0 saturated carbocycles. The molecule has 1 aromatic rings. The molecule has 7 heteroatoms. The molecule has 0 spiro atoms. The average Bonchev–Trinajstić information content (AvgIpc) is 2.38. The Hall–Kier alpha value is -2.15. The molecule has 0 unspecified atom stereocenters. The maximum Gasteiger partial charge on any atom is 0.292 e. The molecule has 1 amide bonds. The van der Waals surface area contributed by atoms with Gasteiger partial charge in [-0.25, -0.2) is 0 Å². The molecule has 104 valence electrons. The lowest BCUT2D eigenvalue weighted by atomic mass is 10.1. The SMILES string of the molecule is CCN(C)CCNC(=O)c1cccc([N+](=O)[O-])c1N. The van der Waals surface area contributed by atoms with Gasteiger partial charge in [-0.15, -0.1) is 0 Å². The van der Waals surface area contributed by atoms with E-state index in [-0.39, 0.29) is 16.9 Å². The van der Waals surface area contributed by atoms with E-state index in [9.17, 15) is 14.9 Å². The zero-order chi connectivity index (χ0) is 14.4. The Balaban J connectivity index is 2.72. The molecule has 0 aliphatic rings. The first-order chi connectivity index (χ1) is 8.97. The van der Waals surface area contributed by atoms with E-state index >= 15 is 0 Å². The van der Waals surface area contributed by atoms with E-state index in [0.29, 0.717) is 13.1 Å². The van der Waals surface area contributed by atoms with Crippen molar-refractivity contribution in [1.29, 1.82) is 0 Å². The predicted molar refractivity (Wildman–Crippen MR) is 73.0 cm³/mol. The van der Waals surface area contributed by atoms with E-state index in [1.165, 1.54) is 18.2 Å². The Morgan fingerprint density at radius 1 is 1.53 bits per heavy atom. The Morgan fingerprint density at radius 2 is 2.21 bits per heavy atom. The summed E-state index contributed by atoms with van der Waals surface area (Å²) in [6, 6.07) is 4.19. The minimum absolute atomic E-state index is 0.103. The highest BCUT2D eigenvalue weighted by atomic mass is 16.6. The summed E-state index contributed by atoms with van der Waals surface area (Å²) in [7, 11) is 1.94. The highest BCUT2D eigenvalue weighted by Gasteiger charge is 2.18. The van der Waals surface area contributed by atoms with Crippen LogP contribution in [0.25, 0.3) is 0 Å². The normalized spacial score (nSPS) is 10.5. The molecule has 7 nitrogen and oxygen atoms in total. The third-order valence-electron chi connectivity index (χ3n) is 2.84. The monoisotopic (exact) mass is 266 g/mol. The number of amides is 1. The second-order valence-electron chi connectivity index (χ2n) is 4.15. The number of likely N-dealkylation sites (N-methyl/N-ethyl adjacent to an activating group) is 1. The quantitative estimate of drug-likeness (QED) is 0.451. The third-order valence-corrected chi connectivity index (χ3v) is 2.84. The lowest BCUT2D eigenvalue weighted by molar-refractivity contribution is -0.383. The lowest BCUT2D eigenvalue weighted by Crippen LogP contribution is -2.33. The van der Waals surface area contributed by atoms with Crippen molar-refractivity contribution in [3.63, 3.8) is 0 Å². The maximum absolute atomic E-state index is 11.9. The fourth-order valence-corrected chi connectivity index (χ4v) is 1.52. The second-order valence-corrected chi connectivity index (χ2v) is 4.15. The largest absolute Gasteiger partial charge is 0.393 e. The van der Waals surface area contributed by atoms with Gasteiger partial charge in [0.05, 0.1) is 10.5 Å². The summed E-state index contributed by atoms with van der Waals surface area (Å²) >= 11 is 0. The summed E-state index contributed by atoms with van der Waals surface area (Å²) in [5.41, 5.74) is 5.41. The Bertz CT molecular complexity index is 476. The van der Waals surface area contributed by atoms with Crippen molar-refractivity contribution >= 4 is 17.3 Å². The number of hydrogen-bond acceptors (Lipinski definition) is 5. The third kappa shape index (κ3) is 3.92. The zero-order valence-electron chi connectivity index (χ0n) is 11.0. The molecule has 0 aromatic heterocycles. The molecule has 0 aliphatic heterocycles. The van der Waals surface area contributed by atoms with Crippen molar-refractivity contribution in [3.05, 3.63) is 33.9 Å². The van der Waals surface area contributed by atoms with Crippen LogP contribution in [0.5, 0.6) is 0 Å². The number of carbonyl (C=O) groups is 1. The van der Waals surface area contributed by atoms with Gasteiger partial charge in [-0.1, -0.05) is 13.0 Å². The van der Waals surface area contributed by atoms with Crippen LogP contribution in [0.4, 0.5) is 11.4 Å². The summed E-state index contributed by atoms with van der Waals surface area (Å²) in [5, 5.41) is 13.4. The van der Waals surface area contributed by atoms with Gasteiger partial charge in [0, 0.05) is 19.2 Å². The van der Waals surface area contributed by atoms with Gasteiger partial charge in [-0.2, -0.15) is 0 Å². The lowest BCUT2D eigenvalue weighted by Gasteiger charge is -2.14. The van der Waals surface area contributed by atoms with Crippen molar-refractivity contribution < 1.29 is 9.72 Å². The number of benzene rings is 1. The van der Waals surface area contributed by atoms with Gasteiger partial charge in [-0.3, -0.25) is 14.9 Å². The summed E-state index contributed by atoms with van der Waals surface area (Å²) < 4.78 is 0. The molecule has 0 aliphatic carbocycles. The van der Waals surface area contributed by atoms with Crippen molar-refractivity contribution in [3.8, 4) is 0 Å². The van der Waals surface area contributed by atoms with E-state index in [4.69, 9.17) is 5.73 Å². The van der Waals surface area contributed by atoms with Crippen molar-refractivity contribution in [2.75, 3.05) is 32.4 Å². The summed E-state index contributed by atoms with van der Waals surface area (Å²) in [5.74, 6) is -0.397. The van der Waals surface area contributed by atoms with E-state index in [1.807, 2.05) is 18.9 Å². The fourth-order valence-electron chi connectivity index (χ4n) is 1.52. The minimum atomic E-state index is -0.600. The van der Waals surface area contributed by atoms with Crippen LogP contribution in [-0.2, 0) is 0 Å². The number of nitrogens with zero attached hydrogens (tertiary/aromatic N) is 2. The number of hydrogen-bond donors (Lipinski definition) is 2. The first-order valence-electron chi connectivity index (χ1n) is 5.97. The first-order valence-corrected chi connectivity index (χ1v) is 5.97. The molecule has 0 bridgehead atoms. The number of nitrogens with two attached hydrogens (primary N) is 1. The van der Waals surface area contributed by atoms with Gasteiger partial charge >= 0.3 is 0 Å². The summed E-state index contributed by atoms with van der Waals surface area (Å²) in [4.78, 5) is 24.0. The minimum Gasteiger partial charge on any atom is -0.393 e. The Labute approximate surface area is 111 Å². The molecular formula is C12H18N4O3. The highest BCUT2D eigenvalue weighted by Crippen LogP contribution is 2.24. The van der Waals surface area contributed by atoms with Crippen LogP contribution in [0.1, 0.15) is 17.3 Å². The summed E-state index contributed by atoms with van der Waals surface area (Å²) in [6.07, 6.45) is 0. The maximum atomic E-state index is 11.9. The number of nitro benzene ring substituents is 1. The molecule has 0 saturated heterocycles. The molecule has 0 atom stereocenters. The van der Waals surface area contributed by atoms with Gasteiger partial charge in [-0.05, 0) is 19.7 Å². The number of rotatable bonds is 6. The van der Waals surface area contributed by atoms with Gasteiger partial charge in [0.25, 0.3) is 11.6 Å². The number of nitrogens with one attached hydrogen (secondary N) is 1. The van der Waals surface area contributed by atoms with Crippen LogP contribution in [0.2, 0.25) is 0 Å². The van der Waals surface area contributed by atoms with Gasteiger partial charge < -0.3 is 16.0 Å². The molecule has 1 rings (SSSR count). The standard InChI is InChI=1S/C12H18N4O3/c1-3-15(2)8-7-14-12(17)9-5-4-6-10(11(9)13)16(18)19/h4-6H,3,7-8,13H2,1-2H3,(H,14,17). The smallest absolute Gasteiger partial charge is 0.292 e. The van der Waals surface area contributed by atoms with Gasteiger partial charge in [0.1, 0.15) is 5.69 Å². The molecule has 0 fully saturated rings. The zero-order valence-corrected chi connectivity index (χ0v) is 11.0. The van der Waals surface area contributed by atoms with Crippen LogP contribution in [-0.4, -0.2) is 42.4 Å². The predicted octanol–water partition coefficient (Wildman–Crippen LogP) is 0.859. The topological polar surface area (TPSA) is 102 Å². The summed E-state index contributed by atoms with van der Waals surface area (Å²) in [6.45, 7) is 4.07. The Morgan fingerprint density at radius 3 is 2.79 bits per heavy atom. The van der Waals surface area contributed by atoms with Crippen LogP contribution in [0.15, 0.2) is 18.2 Å². The number of nitro groups is 1. The first kappa shape index (κ1) is 14.9. The van der Waals surface area contributed by atoms with Gasteiger partial charge in [0.15, 0.2) is 0 Å². The van der Waals surface area contributed by atoms with E-state index < -0.39 is 10.8 Å². The second kappa shape index (κ2) is 6.69. The molecule has 0 radical (unpaired) electrons. The molecule has 19 heavy (non-hydrogen) atoms. The fraction of sp³-hybridized carbons (Fsp3) is 0.417. The van der Waals surface area contributed by atoms with Crippen molar-refractivity contribution in [2.24, 2.45) is 0 Å².